The van der Waals surface area contributed by atoms with Gasteiger partial charge in [0.1, 0.15) is 5.82 Å². The molecule has 2 N–H and O–H groups in total. The van der Waals surface area contributed by atoms with E-state index in [9.17, 15) is 0 Å². The van der Waals surface area contributed by atoms with Gasteiger partial charge in [-0.3, -0.25) is 0 Å². The molecular formula is C12H23N3. The molecule has 0 fully saturated rings. The standard InChI is InChI=1S/C10H15N3.C2H6.H2/c1-4-13(3)10-7-9(8(2)11)5-6-12-10;1-2;/h5-7H,2,4,11H2,1,3H3;1-2H3;1H. The third-order valence-electron chi connectivity index (χ3n) is 1.98. The lowest BCUT2D eigenvalue weighted by Crippen LogP contribution is -2.17. The van der Waals surface area contributed by atoms with Crippen LogP contribution in [-0.2, 0) is 0 Å². The zero-order chi connectivity index (χ0) is 11.8. The predicted molar refractivity (Wildman–Crippen MR) is 69.9 cm³/mol. The summed E-state index contributed by atoms with van der Waals surface area (Å²) in [7, 11) is 1.99. The number of pyridine rings is 1. The molecular weight excluding hydrogens is 186 g/mol. The molecule has 0 amide bonds. The lowest BCUT2D eigenvalue weighted by atomic mass is 10.2. The van der Waals surface area contributed by atoms with Crippen LogP contribution in [0.5, 0.6) is 0 Å². The minimum absolute atomic E-state index is 0. The Kier molecular flexibility index (Phi) is 6.18. The summed E-state index contributed by atoms with van der Waals surface area (Å²) in [5.74, 6) is 0.923. The van der Waals surface area contributed by atoms with Gasteiger partial charge in [0.2, 0.25) is 0 Å². The summed E-state index contributed by atoms with van der Waals surface area (Å²) in [6.45, 7) is 10.7. The van der Waals surface area contributed by atoms with Crippen LogP contribution in [0.25, 0.3) is 5.70 Å². The van der Waals surface area contributed by atoms with Crippen molar-refractivity contribution in [3.63, 3.8) is 0 Å². The molecule has 1 aromatic heterocycles. The summed E-state index contributed by atoms with van der Waals surface area (Å²) in [5.41, 5.74) is 7.10. The Balaban J connectivity index is 0. The Labute approximate surface area is 94.1 Å². The van der Waals surface area contributed by atoms with Crippen molar-refractivity contribution in [3.8, 4) is 0 Å². The molecule has 0 aliphatic heterocycles. The lowest BCUT2D eigenvalue weighted by molar-refractivity contribution is 0.937. The Morgan fingerprint density at radius 2 is 2.20 bits per heavy atom. The molecule has 0 aromatic carbocycles. The zero-order valence-electron chi connectivity index (χ0n) is 10.1. The van der Waals surface area contributed by atoms with Gasteiger partial charge in [-0.2, -0.15) is 0 Å². The summed E-state index contributed by atoms with van der Waals surface area (Å²) in [6, 6.07) is 3.79. The van der Waals surface area contributed by atoms with Crippen molar-refractivity contribution in [3.05, 3.63) is 30.5 Å². The molecule has 0 unspecified atom stereocenters. The SMILES string of the molecule is C=C(N)c1ccnc(N(C)CC)c1.CC.[HH]. The topological polar surface area (TPSA) is 42.1 Å². The van der Waals surface area contributed by atoms with Gasteiger partial charge in [-0.25, -0.2) is 4.98 Å². The number of nitrogens with two attached hydrogens (primary N) is 1. The molecule has 0 bridgehead atoms. The van der Waals surface area contributed by atoms with Crippen molar-refractivity contribution in [2.75, 3.05) is 18.5 Å². The Bertz CT molecular complexity index is 313. The molecule has 1 heterocycles. The highest BCUT2D eigenvalue weighted by Gasteiger charge is 2.01. The summed E-state index contributed by atoms with van der Waals surface area (Å²) < 4.78 is 0. The maximum absolute atomic E-state index is 5.58. The van der Waals surface area contributed by atoms with Gasteiger partial charge in [0.15, 0.2) is 0 Å². The van der Waals surface area contributed by atoms with Crippen LogP contribution in [0.2, 0.25) is 0 Å². The zero-order valence-corrected chi connectivity index (χ0v) is 10.1. The van der Waals surface area contributed by atoms with E-state index < -0.39 is 0 Å². The molecule has 1 rings (SSSR count). The highest BCUT2D eigenvalue weighted by atomic mass is 15.1. The van der Waals surface area contributed by atoms with Crippen molar-refractivity contribution in [2.24, 2.45) is 5.73 Å². The van der Waals surface area contributed by atoms with Crippen molar-refractivity contribution < 1.29 is 1.43 Å². The minimum Gasteiger partial charge on any atom is -0.399 e. The average Bonchev–Trinajstić information content (AvgIpc) is 2.30. The molecule has 3 nitrogen and oxygen atoms in total. The van der Waals surface area contributed by atoms with E-state index in [-0.39, 0.29) is 1.43 Å². The smallest absolute Gasteiger partial charge is 0.128 e. The minimum atomic E-state index is 0. The maximum Gasteiger partial charge on any atom is 0.128 e. The highest BCUT2D eigenvalue weighted by Crippen LogP contribution is 2.13. The quantitative estimate of drug-likeness (QED) is 0.832. The Morgan fingerprint density at radius 3 is 2.67 bits per heavy atom. The highest BCUT2D eigenvalue weighted by molar-refractivity contribution is 5.62. The van der Waals surface area contributed by atoms with Crippen LogP contribution in [0.1, 0.15) is 27.8 Å². The third-order valence-corrected chi connectivity index (χ3v) is 1.98. The van der Waals surface area contributed by atoms with Crippen LogP contribution in [0.15, 0.2) is 24.9 Å². The monoisotopic (exact) mass is 209 g/mol. The van der Waals surface area contributed by atoms with E-state index in [0.717, 1.165) is 17.9 Å². The fraction of sp³-hybridized carbons (Fsp3) is 0.417. The van der Waals surface area contributed by atoms with Gasteiger partial charge in [-0.15, -0.1) is 0 Å². The van der Waals surface area contributed by atoms with Crippen LogP contribution in [0, 0.1) is 0 Å². The molecule has 0 radical (unpaired) electrons. The molecule has 0 aliphatic rings. The van der Waals surface area contributed by atoms with Gasteiger partial charge in [0.25, 0.3) is 0 Å². The van der Waals surface area contributed by atoms with E-state index in [1.165, 1.54) is 0 Å². The molecule has 3 heteroatoms. The van der Waals surface area contributed by atoms with E-state index in [2.05, 4.69) is 18.5 Å². The summed E-state index contributed by atoms with van der Waals surface area (Å²) in [4.78, 5) is 6.27. The third kappa shape index (κ3) is 4.02. The van der Waals surface area contributed by atoms with Crippen molar-refractivity contribution in [1.82, 2.24) is 4.98 Å². The molecule has 0 saturated heterocycles. The molecule has 0 atom stereocenters. The first kappa shape index (κ1) is 13.5. The lowest BCUT2D eigenvalue weighted by Gasteiger charge is -2.15. The van der Waals surface area contributed by atoms with E-state index in [1.807, 2.05) is 37.9 Å². The van der Waals surface area contributed by atoms with Gasteiger partial charge < -0.3 is 10.6 Å². The number of hydrogen-bond donors (Lipinski definition) is 1. The van der Waals surface area contributed by atoms with Gasteiger partial charge in [0, 0.05) is 32.5 Å². The van der Waals surface area contributed by atoms with Crippen molar-refractivity contribution in [2.45, 2.75) is 20.8 Å². The molecule has 86 valence electrons. The largest absolute Gasteiger partial charge is 0.399 e. The second-order valence-corrected chi connectivity index (χ2v) is 2.94. The number of nitrogens with zero attached hydrogens (tertiary/aromatic N) is 2. The number of anilines is 1. The van der Waals surface area contributed by atoms with Crippen LogP contribution in [0.4, 0.5) is 5.82 Å². The van der Waals surface area contributed by atoms with Gasteiger partial charge in [0.05, 0.1) is 0 Å². The van der Waals surface area contributed by atoms with Crippen LogP contribution >= 0.6 is 0 Å². The molecule has 1 aromatic rings. The normalized spacial score (nSPS) is 8.80. The fourth-order valence-corrected chi connectivity index (χ4v) is 0.989. The van der Waals surface area contributed by atoms with Gasteiger partial charge in [-0.05, 0) is 19.1 Å². The summed E-state index contributed by atoms with van der Waals surface area (Å²) >= 11 is 0. The van der Waals surface area contributed by atoms with Gasteiger partial charge >= 0.3 is 0 Å². The van der Waals surface area contributed by atoms with E-state index in [4.69, 9.17) is 5.73 Å². The number of rotatable bonds is 3. The van der Waals surface area contributed by atoms with Crippen LogP contribution in [-0.4, -0.2) is 18.6 Å². The molecule has 0 spiro atoms. The average molecular weight is 209 g/mol. The first-order valence-electron chi connectivity index (χ1n) is 5.27. The first-order chi connectivity index (χ1) is 7.15. The second-order valence-electron chi connectivity index (χ2n) is 2.94. The Morgan fingerprint density at radius 1 is 1.60 bits per heavy atom. The van der Waals surface area contributed by atoms with E-state index >= 15 is 0 Å². The molecule has 0 aliphatic carbocycles. The second kappa shape index (κ2) is 6.87. The van der Waals surface area contributed by atoms with E-state index in [1.54, 1.807) is 6.20 Å². The number of hydrogen-bond acceptors (Lipinski definition) is 3. The summed E-state index contributed by atoms with van der Waals surface area (Å²) in [5, 5.41) is 0. The van der Waals surface area contributed by atoms with E-state index in [0.29, 0.717) is 5.70 Å². The van der Waals surface area contributed by atoms with Gasteiger partial charge in [-0.1, -0.05) is 20.4 Å². The molecule has 0 saturated carbocycles. The molecule has 15 heavy (non-hydrogen) atoms. The fourth-order valence-electron chi connectivity index (χ4n) is 0.989. The van der Waals surface area contributed by atoms with Crippen molar-refractivity contribution >= 4 is 11.5 Å². The number of aromatic nitrogens is 1. The van der Waals surface area contributed by atoms with Crippen LogP contribution < -0.4 is 10.6 Å². The maximum atomic E-state index is 5.58. The van der Waals surface area contributed by atoms with Crippen molar-refractivity contribution in [1.29, 1.82) is 0 Å². The van der Waals surface area contributed by atoms with Crippen LogP contribution in [0.3, 0.4) is 0 Å². The Hall–Kier alpha value is -1.51. The summed E-state index contributed by atoms with van der Waals surface area (Å²) in [6.07, 6.45) is 1.74. The predicted octanol–water partition coefficient (Wildman–Crippen LogP) is 2.74. The first-order valence-corrected chi connectivity index (χ1v) is 5.27.